The summed E-state index contributed by atoms with van der Waals surface area (Å²) in [5.41, 5.74) is 2.01. The van der Waals surface area contributed by atoms with E-state index in [1.54, 1.807) is 0 Å². The van der Waals surface area contributed by atoms with E-state index in [0.717, 1.165) is 38.2 Å². The van der Waals surface area contributed by atoms with Gasteiger partial charge in [0.2, 0.25) is 0 Å². The molecule has 20 heavy (non-hydrogen) atoms. The van der Waals surface area contributed by atoms with Crippen molar-refractivity contribution in [2.75, 3.05) is 26.2 Å². The number of benzene rings is 1. The van der Waals surface area contributed by atoms with Crippen LogP contribution in [-0.2, 0) is 4.74 Å². The summed E-state index contributed by atoms with van der Waals surface area (Å²) in [7, 11) is 0. The normalized spacial score (nSPS) is 18.6. The molecule has 1 atom stereocenters. The predicted molar refractivity (Wildman–Crippen MR) is 81.2 cm³/mol. The number of Topliss-reactive ketones (excluding diaryl/α,β-unsaturated/α-hetero) is 1. The van der Waals surface area contributed by atoms with E-state index in [9.17, 15) is 4.79 Å². The minimum absolute atomic E-state index is 0.232. The molecule has 0 bridgehead atoms. The first-order valence-electron chi connectivity index (χ1n) is 7.63. The summed E-state index contributed by atoms with van der Waals surface area (Å²) in [6.45, 7) is 7.83. The van der Waals surface area contributed by atoms with E-state index in [2.05, 4.69) is 11.8 Å². The van der Waals surface area contributed by atoms with Crippen LogP contribution in [-0.4, -0.2) is 43.0 Å². The van der Waals surface area contributed by atoms with Crippen LogP contribution < -0.4 is 0 Å². The monoisotopic (exact) mass is 275 g/mol. The van der Waals surface area contributed by atoms with Gasteiger partial charge >= 0.3 is 0 Å². The molecule has 3 heteroatoms. The van der Waals surface area contributed by atoms with Crippen LogP contribution in [0.5, 0.6) is 0 Å². The molecule has 0 N–H and O–H groups in total. The van der Waals surface area contributed by atoms with Crippen molar-refractivity contribution in [2.24, 2.45) is 0 Å². The number of carbonyl (C=O) groups is 1. The lowest BCUT2D eigenvalue weighted by atomic mass is 10.1. The van der Waals surface area contributed by atoms with Crippen LogP contribution in [0.2, 0.25) is 0 Å². The van der Waals surface area contributed by atoms with Crippen LogP contribution in [0.3, 0.4) is 0 Å². The quantitative estimate of drug-likeness (QED) is 0.716. The van der Waals surface area contributed by atoms with Gasteiger partial charge in [-0.2, -0.15) is 0 Å². The largest absolute Gasteiger partial charge is 0.377 e. The van der Waals surface area contributed by atoms with E-state index >= 15 is 0 Å². The van der Waals surface area contributed by atoms with E-state index in [0.29, 0.717) is 12.5 Å². The molecule has 1 aromatic rings. The van der Waals surface area contributed by atoms with Crippen molar-refractivity contribution in [3.63, 3.8) is 0 Å². The van der Waals surface area contributed by atoms with Crippen molar-refractivity contribution in [2.45, 2.75) is 39.2 Å². The number of likely N-dealkylation sites (N-methyl/N-ethyl adjacent to an activating group) is 1. The second-order valence-corrected chi connectivity index (χ2v) is 5.57. The Labute approximate surface area is 121 Å². The average molecular weight is 275 g/mol. The summed E-state index contributed by atoms with van der Waals surface area (Å²) >= 11 is 0. The molecule has 1 fully saturated rings. The summed E-state index contributed by atoms with van der Waals surface area (Å²) in [4.78, 5) is 14.5. The molecule has 0 saturated carbocycles. The first kappa shape index (κ1) is 15.2. The highest BCUT2D eigenvalue weighted by atomic mass is 16.5. The summed E-state index contributed by atoms with van der Waals surface area (Å²) in [5, 5.41) is 0. The molecule has 1 saturated heterocycles. The van der Waals surface area contributed by atoms with Gasteiger partial charge in [-0.3, -0.25) is 4.79 Å². The highest BCUT2D eigenvalue weighted by Crippen LogP contribution is 2.14. The Hall–Kier alpha value is -1.19. The number of hydrogen-bond acceptors (Lipinski definition) is 3. The molecule has 1 heterocycles. The van der Waals surface area contributed by atoms with Gasteiger partial charge in [-0.25, -0.2) is 0 Å². The summed E-state index contributed by atoms with van der Waals surface area (Å²) in [5.74, 6) is 0.232. The van der Waals surface area contributed by atoms with Crippen molar-refractivity contribution in [1.29, 1.82) is 0 Å². The number of carbonyl (C=O) groups excluding carboxylic acids is 1. The van der Waals surface area contributed by atoms with Crippen molar-refractivity contribution >= 4 is 5.78 Å². The maximum absolute atomic E-state index is 12.2. The maximum Gasteiger partial charge on any atom is 0.164 e. The zero-order valence-corrected chi connectivity index (χ0v) is 12.6. The van der Waals surface area contributed by atoms with Crippen LogP contribution >= 0.6 is 0 Å². The molecule has 0 radical (unpaired) electrons. The molecule has 1 aliphatic heterocycles. The molecule has 1 aliphatic rings. The van der Waals surface area contributed by atoms with E-state index in [1.165, 1.54) is 12.0 Å². The SMILES string of the molecule is CCN(CCC(=O)c1ccc(C)cc1)CC1CCCO1. The van der Waals surface area contributed by atoms with Crippen LogP contribution in [0.1, 0.15) is 42.1 Å². The van der Waals surface area contributed by atoms with Crippen LogP contribution in [0.4, 0.5) is 0 Å². The lowest BCUT2D eigenvalue weighted by molar-refractivity contribution is 0.0720. The Morgan fingerprint density at radius 3 is 2.70 bits per heavy atom. The molecule has 1 aromatic carbocycles. The van der Waals surface area contributed by atoms with Crippen LogP contribution in [0, 0.1) is 6.92 Å². The molecule has 0 amide bonds. The van der Waals surface area contributed by atoms with Crippen LogP contribution in [0.25, 0.3) is 0 Å². The minimum atomic E-state index is 0.232. The number of aryl methyl sites for hydroxylation is 1. The second kappa shape index (κ2) is 7.55. The standard InChI is InChI=1S/C17H25NO2/c1-3-18(13-16-5-4-12-20-16)11-10-17(19)15-8-6-14(2)7-9-15/h6-9,16H,3-5,10-13H2,1-2H3. The van der Waals surface area contributed by atoms with Gasteiger partial charge in [-0.1, -0.05) is 36.8 Å². The third-order valence-electron chi connectivity index (χ3n) is 3.96. The van der Waals surface area contributed by atoms with Crippen molar-refractivity contribution in [3.8, 4) is 0 Å². The first-order chi connectivity index (χ1) is 9.69. The van der Waals surface area contributed by atoms with Gasteiger partial charge in [-0.15, -0.1) is 0 Å². The molecular weight excluding hydrogens is 250 g/mol. The third kappa shape index (κ3) is 4.43. The maximum atomic E-state index is 12.2. The summed E-state index contributed by atoms with van der Waals surface area (Å²) < 4.78 is 5.66. The highest BCUT2D eigenvalue weighted by Gasteiger charge is 2.18. The van der Waals surface area contributed by atoms with Gasteiger partial charge < -0.3 is 9.64 Å². The molecule has 110 valence electrons. The van der Waals surface area contributed by atoms with Gasteiger partial charge in [0.15, 0.2) is 5.78 Å². The van der Waals surface area contributed by atoms with Gasteiger partial charge in [0.1, 0.15) is 0 Å². The minimum Gasteiger partial charge on any atom is -0.377 e. The fourth-order valence-corrected chi connectivity index (χ4v) is 2.60. The van der Waals surface area contributed by atoms with Gasteiger partial charge in [0.05, 0.1) is 6.10 Å². The Morgan fingerprint density at radius 1 is 1.35 bits per heavy atom. The van der Waals surface area contributed by atoms with Crippen molar-refractivity contribution in [1.82, 2.24) is 4.90 Å². The number of hydrogen-bond donors (Lipinski definition) is 0. The predicted octanol–water partition coefficient (Wildman–Crippen LogP) is 3.07. The zero-order valence-electron chi connectivity index (χ0n) is 12.6. The Balaban J connectivity index is 1.79. The lowest BCUT2D eigenvalue weighted by Crippen LogP contribution is -2.33. The topological polar surface area (TPSA) is 29.5 Å². The Kier molecular flexibility index (Phi) is 5.74. The fraction of sp³-hybridized carbons (Fsp3) is 0.588. The third-order valence-corrected chi connectivity index (χ3v) is 3.96. The van der Waals surface area contributed by atoms with E-state index < -0.39 is 0 Å². The summed E-state index contributed by atoms with van der Waals surface area (Å²) in [6.07, 6.45) is 3.28. The Morgan fingerprint density at radius 2 is 2.10 bits per heavy atom. The highest BCUT2D eigenvalue weighted by molar-refractivity contribution is 5.96. The molecular formula is C17H25NO2. The Bertz CT molecular complexity index is 421. The van der Waals surface area contributed by atoms with Gasteiger partial charge in [0, 0.05) is 31.7 Å². The van der Waals surface area contributed by atoms with Crippen molar-refractivity contribution < 1.29 is 9.53 Å². The molecule has 0 spiro atoms. The van der Waals surface area contributed by atoms with E-state index in [1.807, 2.05) is 31.2 Å². The summed E-state index contributed by atoms with van der Waals surface area (Å²) in [6, 6.07) is 7.84. The second-order valence-electron chi connectivity index (χ2n) is 5.57. The smallest absolute Gasteiger partial charge is 0.164 e. The number of rotatable bonds is 7. The first-order valence-corrected chi connectivity index (χ1v) is 7.63. The van der Waals surface area contributed by atoms with Crippen molar-refractivity contribution in [3.05, 3.63) is 35.4 Å². The van der Waals surface area contributed by atoms with E-state index in [4.69, 9.17) is 4.74 Å². The fourth-order valence-electron chi connectivity index (χ4n) is 2.60. The van der Waals surface area contributed by atoms with E-state index in [-0.39, 0.29) is 5.78 Å². The van der Waals surface area contributed by atoms with Crippen LogP contribution in [0.15, 0.2) is 24.3 Å². The average Bonchev–Trinajstić information content (AvgIpc) is 2.96. The molecule has 1 unspecified atom stereocenters. The van der Waals surface area contributed by atoms with Gasteiger partial charge in [-0.05, 0) is 26.3 Å². The number of ketones is 1. The molecule has 0 aromatic heterocycles. The molecule has 0 aliphatic carbocycles. The number of nitrogens with zero attached hydrogens (tertiary/aromatic N) is 1. The molecule has 2 rings (SSSR count). The zero-order chi connectivity index (χ0) is 14.4. The number of ether oxygens (including phenoxy) is 1. The van der Waals surface area contributed by atoms with Gasteiger partial charge in [0.25, 0.3) is 0 Å². The lowest BCUT2D eigenvalue weighted by Gasteiger charge is -2.23. The molecule has 3 nitrogen and oxygen atoms in total.